The lowest BCUT2D eigenvalue weighted by Crippen LogP contribution is -2.30. The molecule has 0 radical (unpaired) electrons. The predicted octanol–water partition coefficient (Wildman–Crippen LogP) is 3.51. The van der Waals surface area contributed by atoms with Gasteiger partial charge in [-0.1, -0.05) is 30.3 Å². The monoisotopic (exact) mass is 373 g/mol. The maximum Gasteiger partial charge on any atom is 0.265 e. The Labute approximate surface area is 162 Å². The zero-order chi connectivity index (χ0) is 19.5. The van der Waals surface area contributed by atoms with Gasteiger partial charge < -0.3 is 10.1 Å². The van der Waals surface area contributed by atoms with E-state index in [1.165, 1.54) is 0 Å². The number of anilines is 1. The first-order valence-electron chi connectivity index (χ1n) is 8.92. The molecule has 0 aliphatic rings. The Hall–Kier alpha value is -3.74. The third-order valence-electron chi connectivity index (χ3n) is 4.29. The molecule has 1 N–H and O–H groups in total. The zero-order valence-corrected chi connectivity index (χ0v) is 15.5. The number of rotatable bonds is 5. The molecule has 0 saturated heterocycles. The van der Waals surface area contributed by atoms with E-state index in [-0.39, 0.29) is 5.91 Å². The Balaban J connectivity index is 1.45. The van der Waals surface area contributed by atoms with Crippen LogP contribution in [0.1, 0.15) is 12.7 Å². The van der Waals surface area contributed by atoms with Gasteiger partial charge in [-0.3, -0.25) is 4.79 Å². The number of para-hydroxylation sites is 1. The van der Waals surface area contributed by atoms with Crippen LogP contribution in [-0.4, -0.2) is 31.8 Å². The van der Waals surface area contributed by atoms with E-state index in [0.29, 0.717) is 17.1 Å². The normalized spacial score (nSPS) is 11.9. The summed E-state index contributed by atoms with van der Waals surface area (Å²) in [7, 11) is 0. The van der Waals surface area contributed by atoms with Crippen LogP contribution in [0.5, 0.6) is 5.75 Å². The molecule has 0 aliphatic carbocycles. The van der Waals surface area contributed by atoms with Gasteiger partial charge in [0.1, 0.15) is 5.75 Å². The number of fused-ring (bicyclic) bond motifs is 1. The van der Waals surface area contributed by atoms with Crippen LogP contribution in [0, 0.1) is 6.92 Å². The fraction of sp³-hybridized carbons (Fsp3) is 0.143. The molecule has 28 heavy (non-hydrogen) atoms. The average molecular weight is 373 g/mol. The summed E-state index contributed by atoms with van der Waals surface area (Å²) >= 11 is 0. The Morgan fingerprint density at radius 2 is 1.75 bits per heavy atom. The summed E-state index contributed by atoms with van der Waals surface area (Å²) < 4.78 is 7.35. The Kier molecular flexibility index (Phi) is 4.72. The molecule has 140 valence electrons. The zero-order valence-electron chi connectivity index (χ0n) is 15.5. The number of carbonyl (C=O) groups excluding carboxylic acids is 1. The van der Waals surface area contributed by atoms with Gasteiger partial charge >= 0.3 is 0 Å². The smallest absolute Gasteiger partial charge is 0.265 e. The lowest BCUT2D eigenvalue weighted by molar-refractivity contribution is -0.122. The maximum atomic E-state index is 12.4. The lowest BCUT2D eigenvalue weighted by atomic mass is 10.1. The average Bonchev–Trinajstić information content (AvgIpc) is 3.09. The Morgan fingerprint density at radius 3 is 2.50 bits per heavy atom. The minimum absolute atomic E-state index is 0.212. The number of amides is 1. The fourth-order valence-electron chi connectivity index (χ4n) is 2.78. The molecular formula is C21H19N5O2. The molecule has 7 nitrogen and oxygen atoms in total. The van der Waals surface area contributed by atoms with Crippen molar-refractivity contribution in [2.24, 2.45) is 0 Å². The van der Waals surface area contributed by atoms with Crippen molar-refractivity contribution in [2.45, 2.75) is 20.0 Å². The highest BCUT2D eigenvalue weighted by Gasteiger charge is 2.15. The van der Waals surface area contributed by atoms with Gasteiger partial charge in [-0.25, -0.2) is 0 Å². The molecule has 1 amide bonds. The summed E-state index contributed by atoms with van der Waals surface area (Å²) in [5.41, 5.74) is 3.13. The van der Waals surface area contributed by atoms with Crippen molar-refractivity contribution in [3.8, 4) is 17.0 Å². The second-order valence-corrected chi connectivity index (χ2v) is 6.38. The van der Waals surface area contributed by atoms with Gasteiger partial charge in [0, 0.05) is 11.3 Å². The highest BCUT2D eigenvalue weighted by molar-refractivity contribution is 5.94. The van der Waals surface area contributed by atoms with Crippen molar-refractivity contribution >= 4 is 17.2 Å². The van der Waals surface area contributed by atoms with Gasteiger partial charge in [-0.2, -0.15) is 9.61 Å². The van der Waals surface area contributed by atoms with Crippen LogP contribution >= 0.6 is 0 Å². The maximum absolute atomic E-state index is 12.4. The Morgan fingerprint density at radius 1 is 1.00 bits per heavy atom. The molecule has 0 bridgehead atoms. The number of ether oxygens (including phenoxy) is 1. The summed E-state index contributed by atoms with van der Waals surface area (Å²) in [4.78, 5) is 12.4. The molecule has 0 aliphatic heterocycles. The summed E-state index contributed by atoms with van der Waals surface area (Å²) in [6, 6.07) is 20.5. The minimum Gasteiger partial charge on any atom is -0.481 e. The summed E-state index contributed by atoms with van der Waals surface area (Å²) in [5, 5.41) is 15.5. The van der Waals surface area contributed by atoms with Crippen LogP contribution in [0.3, 0.4) is 0 Å². The Bertz CT molecular complexity index is 1110. The van der Waals surface area contributed by atoms with Crippen LogP contribution < -0.4 is 10.1 Å². The van der Waals surface area contributed by atoms with E-state index >= 15 is 0 Å². The molecule has 0 fully saturated rings. The SMILES string of the molecule is Cc1nnc2ccc(-c3ccc(NC(=O)C(C)Oc4ccccc4)cc3)nn12. The third kappa shape index (κ3) is 3.68. The van der Waals surface area contributed by atoms with Crippen molar-refractivity contribution < 1.29 is 9.53 Å². The highest BCUT2D eigenvalue weighted by atomic mass is 16.5. The van der Waals surface area contributed by atoms with Crippen LogP contribution in [0.25, 0.3) is 16.9 Å². The largest absolute Gasteiger partial charge is 0.481 e. The minimum atomic E-state index is -0.608. The molecule has 7 heteroatoms. The van der Waals surface area contributed by atoms with E-state index < -0.39 is 6.10 Å². The summed E-state index contributed by atoms with van der Waals surface area (Å²) in [5.74, 6) is 1.18. The standard InChI is InChI=1S/C21H19N5O2/c1-14(28-18-6-4-3-5-7-18)21(27)22-17-10-8-16(9-11-17)19-12-13-20-24-23-15(2)26(20)25-19/h3-14H,1-2H3,(H,22,27). The molecule has 2 aromatic heterocycles. The quantitative estimate of drug-likeness (QED) is 0.579. The van der Waals surface area contributed by atoms with E-state index in [0.717, 1.165) is 17.1 Å². The van der Waals surface area contributed by atoms with E-state index in [9.17, 15) is 4.79 Å². The van der Waals surface area contributed by atoms with Crippen LogP contribution in [0.4, 0.5) is 5.69 Å². The number of benzene rings is 2. The molecule has 2 aromatic carbocycles. The summed E-state index contributed by atoms with van der Waals surface area (Å²) in [6.45, 7) is 3.57. The van der Waals surface area contributed by atoms with Gasteiger partial charge in [0.15, 0.2) is 17.6 Å². The van der Waals surface area contributed by atoms with Gasteiger partial charge in [0.05, 0.1) is 5.69 Å². The topological polar surface area (TPSA) is 81.4 Å². The van der Waals surface area contributed by atoms with Crippen molar-refractivity contribution in [3.63, 3.8) is 0 Å². The number of hydrogen-bond donors (Lipinski definition) is 1. The molecular weight excluding hydrogens is 354 g/mol. The van der Waals surface area contributed by atoms with Crippen molar-refractivity contribution in [1.82, 2.24) is 19.8 Å². The molecule has 2 heterocycles. The lowest BCUT2D eigenvalue weighted by Gasteiger charge is -2.14. The summed E-state index contributed by atoms with van der Waals surface area (Å²) in [6.07, 6.45) is -0.608. The first-order valence-corrected chi connectivity index (χ1v) is 8.92. The van der Waals surface area contributed by atoms with Crippen molar-refractivity contribution in [1.29, 1.82) is 0 Å². The number of carbonyl (C=O) groups is 1. The van der Waals surface area contributed by atoms with E-state index in [4.69, 9.17) is 4.74 Å². The first kappa shape index (κ1) is 17.7. The van der Waals surface area contributed by atoms with Crippen molar-refractivity contribution in [2.75, 3.05) is 5.32 Å². The molecule has 0 spiro atoms. The van der Waals surface area contributed by atoms with Crippen molar-refractivity contribution in [3.05, 3.63) is 72.6 Å². The van der Waals surface area contributed by atoms with E-state index in [1.54, 1.807) is 11.4 Å². The highest BCUT2D eigenvalue weighted by Crippen LogP contribution is 2.20. The molecule has 4 aromatic rings. The number of hydrogen-bond acceptors (Lipinski definition) is 5. The first-order chi connectivity index (χ1) is 13.6. The molecule has 0 saturated carbocycles. The number of aromatic nitrogens is 4. The van der Waals surface area contributed by atoms with Gasteiger partial charge in [0.25, 0.3) is 5.91 Å². The van der Waals surface area contributed by atoms with Crippen LogP contribution in [0.15, 0.2) is 66.7 Å². The van der Waals surface area contributed by atoms with Gasteiger partial charge in [-0.05, 0) is 50.2 Å². The number of aryl methyl sites for hydroxylation is 1. The van der Waals surface area contributed by atoms with Gasteiger partial charge in [-0.15, -0.1) is 10.2 Å². The van der Waals surface area contributed by atoms with E-state index in [2.05, 4.69) is 20.6 Å². The second kappa shape index (κ2) is 7.48. The number of nitrogens with zero attached hydrogens (tertiary/aromatic N) is 4. The predicted molar refractivity (Wildman–Crippen MR) is 106 cm³/mol. The molecule has 1 atom stereocenters. The van der Waals surface area contributed by atoms with Crippen LogP contribution in [-0.2, 0) is 4.79 Å². The van der Waals surface area contributed by atoms with Gasteiger partial charge in [0.2, 0.25) is 0 Å². The molecule has 1 unspecified atom stereocenters. The third-order valence-corrected chi connectivity index (χ3v) is 4.29. The van der Waals surface area contributed by atoms with Crippen LogP contribution in [0.2, 0.25) is 0 Å². The second-order valence-electron chi connectivity index (χ2n) is 6.38. The van der Waals surface area contributed by atoms with E-state index in [1.807, 2.05) is 73.7 Å². The molecule has 4 rings (SSSR count). The number of nitrogens with one attached hydrogen (secondary N) is 1. The fourth-order valence-corrected chi connectivity index (χ4v) is 2.78.